The van der Waals surface area contributed by atoms with E-state index in [0.717, 1.165) is 0 Å². The first-order valence-electron chi connectivity index (χ1n) is 5.89. The van der Waals surface area contributed by atoms with Crippen molar-refractivity contribution < 1.29 is 9.90 Å². The van der Waals surface area contributed by atoms with Crippen LogP contribution in [0.3, 0.4) is 0 Å². The number of carbonyl (C=O) groups excluding carboxylic acids is 1. The van der Waals surface area contributed by atoms with Crippen molar-refractivity contribution >= 4 is 29.1 Å². The Balaban J connectivity index is 1.98. The predicted octanol–water partition coefficient (Wildman–Crippen LogP) is 2.85. The lowest BCUT2D eigenvalue weighted by molar-refractivity contribution is 0.0916. The van der Waals surface area contributed by atoms with Gasteiger partial charge in [0, 0.05) is 40.1 Å². The second-order valence-corrected chi connectivity index (χ2v) is 4.97. The van der Waals surface area contributed by atoms with Crippen LogP contribution in [-0.2, 0) is 0 Å². The molecule has 0 saturated heterocycles. The smallest absolute Gasteiger partial charge is 0.251 e. The number of aliphatic hydroxyl groups is 1. The van der Waals surface area contributed by atoms with E-state index in [9.17, 15) is 9.90 Å². The Labute approximate surface area is 126 Å². The molecule has 0 radical (unpaired) electrons. The molecule has 2 aromatic rings. The molecule has 1 unspecified atom stereocenters. The Bertz CT molecular complexity index is 605. The zero-order valence-electron chi connectivity index (χ0n) is 10.4. The fourth-order valence-electron chi connectivity index (χ4n) is 1.68. The van der Waals surface area contributed by atoms with Gasteiger partial charge in [0.15, 0.2) is 0 Å². The number of hydrogen-bond acceptors (Lipinski definition) is 3. The Morgan fingerprint density at radius 2 is 1.95 bits per heavy atom. The number of nitrogens with one attached hydrogen (secondary N) is 1. The van der Waals surface area contributed by atoms with Crippen molar-refractivity contribution in [3.63, 3.8) is 0 Å². The van der Waals surface area contributed by atoms with Crippen LogP contribution in [0.25, 0.3) is 0 Å². The zero-order valence-corrected chi connectivity index (χ0v) is 11.9. The number of carbonyl (C=O) groups is 1. The molecule has 2 N–H and O–H groups in total. The van der Waals surface area contributed by atoms with Crippen LogP contribution in [0.5, 0.6) is 0 Å². The summed E-state index contributed by atoms with van der Waals surface area (Å²) in [5, 5.41) is 13.5. The summed E-state index contributed by atoms with van der Waals surface area (Å²) >= 11 is 11.8. The summed E-state index contributed by atoms with van der Waals surface area (Å²) in [7, 11) is 0. The minimum Gasteiger partial charge on any atom is -0.387 e. The van der Waals surface area contributed by atoms with E-state index >= 15 is 0 Å². The molecule has 0 bridgehead atoms. The molecule has 0 aliphatic rings. The molecule has 0 fully saturated rings. The zero-order chi connectivity index (χ0) is 14.5. The molecule has 6 heteroatoms. The van der Waals surface area contributed by atoms with Crippen LogP contribution in [0.15, 0.2) is 42.7 Å². The maximum Gasteiger partial charge on any atom is 0.251 e. The fraction of sp³-hybridized carbons (Fsp3) is 0.143. The van der Waals surface area contributed by atoms with Gasteiger partial charge in [0.2, 0.25) is 0 Å². The van der Waals surface area contributed by atoms with Crippen molar-refractivity contribution in [1.29, 1.82) is 0 Å². The average molecular weight is 311 g/mol. The molecule has 20 heavy (non-hydrogen) atoms. The molecule has 1 aromatic carbocycles. The van der Waals surface area contributed by atoms with E-state index in [0.29, 0.717) is 21.2 Å². The van der Waals surface area contributed by atoms with Crippen molar-refractivity contribution in [3.05, 3.63) is 63.9 Å². The monoisotopic (exact) mass is 310 g/mol. The number of aromatic nitrogens is 1. The van der Waals surface area contributed by atoms with Crippen molar-refractivity contribution in [2.75, 3.05) is 6.54 Å². The summed E-state index contributed by atoms with van der Waals surface area (Å²) in [5.41, 5.74) is 1.00. The number of benzene rings is 1. The Morgan fingerprint density at radius 3 is 2.60 bits per heavy atom. The van der Waals surface area contributed by atoms with E-state index in [2.05, 4.69) is 10.3 Å². The first-order valence-corrected chi connectivity index (χ1v) is 6.65. The van der Waals surface area contributed by atoms with Gasteiger partial charge < -0.3 is 10.4 Å². The first kappa shape index (κ1) is 14.8. The van der Waals surface area contributed by atoms with Crippen LogP contribution in [0.1, 0.15) is 22.0 Å². The highest BCUT2D eigenvalue weighted by Crippen LogP contribution is 2.25. The topological polar surface area (TPSA) is 62.2 Å². The van der Waals surface area contributed by atoms with Crippen LogP contribution in [0.4, 0.5) is 0 Å². The van der Waals surface area contributed by atoms with Gasteiger partial charge in [-0.3, -0.25) is 9.78 Å². The van der Waals surface area contributed by atoms with Crippen LogP contribution in [0, 0.1) is 0 Å². The van der Waals surface area contributed by atoms with E-state index in [1.807, 2.05) is 0 Å². The molecule has 0 saturated carbocycles. The quantitative estimate of drug-likeness (QED) is 0.912. The molecule has 1 heterocycles. The van der Waals surface area contributed by atoms with Crippen LogP contribution >= 0.6 is 23.2 Å². The largest absolute Gasteiger partial charge is 0.387 e. The third-order valence-electron chi connectivity index (χ3n) is 2.72. The number of aliphatic hydroxyl groups excluding tert-OH is 1. The van der Waals surface area contributed by atoms with E-state index in [1.165, 1.54) is 12.4 Å². The van der Waals surface area contributed by atoms with E-state index < -0.39 is 6.10 Å². The van der Waals surface area contributed by atoms with Crippen molar-refractivity contribution in [2.24, 2.45) is 0 Å². The molecule has 1 amide bonds. The molecule has 0 aliphatic carbocycles. The van der Waals surface area contributed by atoms with Gasteiger partial charge in [0.05, 0.1) is 6.10 Å². The molecule has 104 valence electrons. The lowest BCUT2D eigenvalue weighted by Gasteiger charge is -2.14. The normalized spacial score (nSPS) is 11.9. The Hall–Kier alpha value is -1.62. The SMILES string of the molecule is O=C(NCC(O)c1ccc(Cl)cc1Cl)c1ccncc1. The van der Waals surface area contributed by atoms with Crippen molar-refractivity contribution in [2.45, 2.75) is 6.10 Å². The molecular formula is C14H12Cl2N2O2. The molecule has 4 nitrogen and oxygen atoms in total. The van der Waals surface area contributed by atoms with Gasteiger partial charge in [0.25, 0.3) is 5.91 Å². The predicted molar refractivity (Wildman–Crippen MR) is 78.0 cm³/mol. The number of halogens is 2. The molecular weight excluding hydrogens is 299 g/mol. The van der Waals surface area contributed by atoms with Crippen LogP contribution in [-0.4, -0.2) is 22.5 Å². The number of hydrogen-bond donors (Lipinski definition) is 2. The lowest BCUT2D eigenvalue weighted by atomic mass is 10.1. The van der Waals surface area contributed by atoms with Crippen LogP contribution in [0.2, 0.25) is 10.0 Å². The minimum atomic E-state index is -0.898. The molecule has 0 spiro atoms. The van der Waals surface area contributed by atoms with Gasteiger partial charge in [-0.05, 0) is 24.3 Å². The van der Waals surface area contributed by atoms with E-state index in [4.69, 9.17) is 23.2 Å². The van der Waals surface area contributed by atoms with Gasteiger partial charge in [0.1, 0.15) is 0 Å². The summed E-state index contributed by atoms with van der Waals surface area (Å²) in [5.74, 6) is -0.281. The summed E-state index contributed by atoms with van der Waals surface area (Å²) < 4.78 is 0. The maximum absolute atomic E-state index is 11.8. The standard InChI is InChI=1S/C14H12Cl2N2O2/c15-10-1-2-11(12(16)7-10)13(19)8-18-14(20)9-3-5-17-6-4-9/h1-7,13,19H,8H2,(H,18,20). The summed E-state index contributed by atoms with van der Waals surface area (Å²) in [6, 6.07) is 8.00. The summed E-state index contributed by atoms with van der Waals surface area (Å²) in [6.07, 6.45) is 2.16. The minimum absolute atomic E-state index is 0.0580. The highest BCUT2D eigenvalue weighted by molar-refractivity contribution is 6.35. The highest BCUT2D eigenvalue weighted by Gasteiger charge is 2.13. The Kier molecular flexibility index (Phi) is 4.95. The third-order valence-corrected chi connectivity index (χ3v) is 3.28. The van der Waals surface area contributed by atoms with Gasteiger partial charge in [-0.15, -0.1) is 0 Å². The van der Waals surface area contributed by atoms with Crippen LogP contribution < -0.4 is 5.32 Å². The molecule has 1 atom stereocenters. The van der Waals surface area contributed by atoms with Gasteiger partial charge in [-0.1, -0.05) is 29.3 Å². The summed E-state index contributed by atoms with van der Waals surface area (Å²) in [4.78, 5) is 15.6. The van der Waals surface area contributed by atoms with E-state index in [-0.39, 0.29) is 12.5 Å². The van der Waals surface area contributed by atoms with E-state index in [1.54, 1.807) is 30.3 Å². The number of amides is 1. The average Bonchev–Trinajstić information content (AvgIpc) is 2.45. The van der Waals surface area contributed by atoms with Gasteiger partial charge >= 0.3 is 0 Å². The lowest BCUT2D eigenvalue weighted by Crippen LogP contribution is -2.28. The molecule has 2 rings (SSSR count). The third kappa shape index (κ3) is 3.70. The van der Waals surface area contributed by atoms with Gasteiger partial charge in [-0.2, -0.15) is 0 Å². The number of pyridine rings is 1. The summed E-state index contributed by atoms with van der Waals surface area (Å²) in [6.45, 7) is 0.0580. The van der Waals surface area contributed by atoms with Crippen molar-refractivity contribution in [3.8, 4) is 0 Å². The first-order chi connectivity index (χ1) is 9.58. The number of rotatable bonds is 4. The second-order valence-electron chi connectivity index (χ2n) is 4.13. The molecule has 1 aromatic heterocycles. The Morgan fingerprint density at radius 1 is 1.25 bits per heavy atom. The maximum atomic E-state index is 11.8. The second kappa shape index (κ2) is 6.70. The fourth-order valence-corrected chi connectivity index (χ4v) is 2.21. The number of nitrogens with zero attached hydrogens (tertiary/aromatic N) is 1. The van der Waals surface area contributed by atoms with Gasteiger partial charge in [-0.25, -0.2) is 0 Å². The molecule has 0 aliphatic heterocycles. The highest BCUT2D eigenvalue weighted by atomic mass is 35.5. The van der Waals surface area contributed by atoms with Crippen molar-refractivity contribution in [1.82, 2.24) is 10.3 Å².